The molecule has 1 atom stereocenters. The lowest BCUT2D eigenvalue weighted by atomic mass is 9.81. The fraction of sp³-hybridized carbons (Fsp3) is 0.333. The Balaban J connectivity index is 1.21. The van der Waals surface area contributed by atoms with E-state index in [0.717, 1.165) is 66.2 Å². The van der Waals surface area contributed by atoms with E-state index in [-0.39, 0.29) is 23.8 Å². The zero-order chi connectivity index (χ0) is 23.9. The van der Waals surface area contributed by atoms with Crippen molar-refractivity contribution < 1.29 is 4.79 Å². The Kier molecular flexibility index (Phi) is 5.36. The first-order chi connectivity index (χ1) is 17.1. The predicted molar refractivity (Wildman–Crippen MR) is 136 cm³/mol. The van der Waals surface area contributed by atoms with Gasteiger partial charge in [-0.05, 0) is 56.4 Å². The van der Waals surface area contributed by atoms with Gasteiger partial charge in [0, 0.05) is 42.0 Å². The van der Waals surface area contributed by atoms with Gasteiger partial charge in [-0.25, -0.2) is 9.97 Å². The zero-order valence-corrected chi connectivity index (χ0v) is 19.7. The number of nitrogens with one attached hydrogen (secondary N) is 2. The second-order valence-corrected chi connectivity index (χ2v) is 9.67. The van der Waals surface area contributed by atoms with Crippen LogP contribution in [0.5, 0.6) is 0 Å². The van der Waals surface area contributed by atoms with Crippen LogP contribution in [-0.2, 0) is 11.2 Å². The molecule has 1 unspecified atom stereocenters. The minimum atomic E-state index is -0.00372. The number of anilines is 3. The predicted octanol–water partition coefficient (Wildman–Crippen LogP) is 4.64. The lowest BCUT2D eigenvalue weighted by Gasteiger charge is -2.27. The summed E-state index contributed by atoms with van der Waals surface area (Å²) in [6.45, 7) is 1.93. The van der Waals surface area contributed by atoms with Crippen molar-refractivity contribution in [3.05, 3.63) is 77.8 Å². The summed E-state index contributed by atoms with van der Waals surface area (Å²) in [5.74, 6) is 1.86. The number of amides is 1. The summed E-state index contributed by atoms with van der Waals surface area (Å²) in [4.78, 5) is 26.6. The maximum Gasteiger partial charge on any atom is 0.227 e. The second-order valence-electron chi connectivity index (χ2n) is 9.67. The van der Waals surface area contributed by atoms with Gasteiger partial charge in [0.1, 0.15) is 17.2 Å². The molecule has 8 heteroatoms. The highest BCUT2D eigenvalue weighted by Gasteiger charge is 2.33. The van der Waals surface area contributed by atoms with Crippen LogP contribution in [0.2, 0.25) is 0 Å². The molecule has 4 N–H and O–H groups in total. The van der Waals surface area contributed by atoms with Gasteiger partial charge in [0.2, 0.25) is 5.91 Å². The van der Waals surface area contributed by atoms with Crippen molar-refractivity contribution >= 4 is 28.6 Å². The Hall–Kier alpha value is -3.94. The fourth-order valence-electron chi connectivity index (χ4n) is 5.51. The molecule has 0 saturated heterocycles. The van der Waals surface area contributed by atoms with E-state index in [1.54, 1.807) is 12.4 Å². The Labute approximate surface area is 204 Å². The number of nitrogens with zero attached hydrogens (tertiary/aromatic N) is 4. The van der Waals surface area contributed by atoms with Crippen LogP contribution in [0.25, 0.3) is 5.52 Å². The van der Waals surface area contributed by atoms with Gasteiger partial charge in [-0.2, -0.15) is 0 Å². The van der Waals surface area contributed by atoms with Gasteiger partial charge in [-0.3, -0.25) is 14.2 Å². The number of nitrogens with two attached hydrogens (primary N) is 1. The Morgan fingerprint density at radius 1 is 1.11 bits per heavy atom. The highest BCUT2D eigenvalue weighted by Crippen LogP contribution is 2.40. The van der Waals surface area contributed by atoms with Crippen molar-refractivity contribution in [1.82, 2.24) is 19.4 Å². The third kappa shape index (κ3) is 3.99. The topological polar surface area (TPSA) is 110 Å². The Bertz CT molecular complexity index is 1360. The number of hydrogen-bond acceptors (Lipinski definition) is 6. The normalized spacial score (nSPS) is 21.5. The number of fused-ring (bicyclic) bond motifs is 2. The molecular formula is C27H29N7O. The van der Waals surface area contributed by atoms with E-state index in [9.17, 15) is 4.79 Å². The van der Waals surface area contributed by atoms with Crippen molar-refractivity contribution in [3.63, 3.8) is 0 Å². The first kappa shape index (κ1) is 21.6. The number of para-hydroxylation sites is 1. The van der Waals surface area contributed by atoms with Crippen molar-refractivity contribution in [2.24, 2.45) is 5.92 Å². The van der Waals surface area contributed by atoms with E-state index in [0.29, 0.717) is 5.82 Å². The maximum atomic E-state index is 12.8. The van der Waals surface area contributed by atoms with Crippen molar-refractivity contribution in [2.45, 2.75) is 51.0 Å². The molecule has 3 aromatic heterocycles. The molecule has 0 bridgehead atoms. The van der Waals surface area contributed by atoms with Crippen LogP contribution >= 0.6 is 0 Å². The van der Waals surface area contributed by atoms with E-state index >= 15 is 0 Å². The second kappa shape index (κ2) is 8.69. The van der Waals surface area contributed by atoms with Crippen molar-refractivity contribution in [2.75, 3.05) is 16.4 Å². The SMILES string of the molecule is Cc1ccc(NC(=O)C2CCC(c3nc(C4Cc5ccccc5N4)c4c(N)nccn34)CC2)cn1. The molecule has 2 aliphatic rings. The molecule has 8 nitrogen and oxygen atoms in total. The summed E-state index contributed by atoms with van der Waals surface area (Å²) >= 11 is 0. The third-order valence-electron chi connectivity index (χ3n) is 7.38. The molecule has 0 spiro atoms. The molecule has 1 saturated carbocycles. The minimum absolute atomic E-state index is 0.00372. The summed E-state index contributed by atoms with van der Waals surface area (Å²) in [6.07, 6.45) is 9.75. The van der Waals surface area contributed by atoms with E-state index in [4.69, 9.17) is 10.7 Å². The highest BCUT2D eigenvalue weighted by atomic mass is 16.1. The van der Waals surface area contributed by atoms with Gasteiger partial charge < -0.3 is 16.4 Å². The van der Waals surface area contributed by atoms with Gasteiger partial charge >= 0.3 is 0 Å². The Morgan fingerprint density at radius 2 is 1.94 bits per heavy atom. The van der Waals surface area contributed by atoms with Gasteiger partial charge in [0.25, 0.3) is 0 Å². The minimum Gasteiger partial charge on any atom is -0.382 e. The van der Waals surface area contributed by atoms with Crippen LogP contribution in [-0.4, -0.2) is 25.3 Å². The molecular weight excluding hydrogens is 438 g/mol. The molecule has 0 radical (unpaired) electrons. The first-order valence-electron chi connectivity index (χ1n) is 12.3. The van der Waals surface area contributed by atoms with Crippen molar-refractivity contribution in [1.29, 1.82) is 0 Å². The molecule has 1 aromatic carbocycles. The van der Waals surface area contributed by atoms with E-state index in [2.05, 4.69) is 43.2 Å². The van der Waals surface area contributed by atoms with Crippen LogP contribution in [0.1, 0.15) is 60.4 Å². The van der Waals surface area contributed by atoms with Crippen molar-refractivity contribution in [3.8, 4) is 0 Å². The van der Waals surface area contributed by atoms with Crippen LogP contribution < -0.4 is 16.4 Å². The number of pyridine rings is 1. The number of imidazole rings is 1. The average Bonchev–Trinajstić information content (AvgIpc) is 3.48. The number of aromatic nitrogens is 4. The van der Waals surface area contributed by atoms with Gasteiger partial charge in [0.05, 0.1) is 23.6 Å². The number of aryl methyl sites for hydroxylation is 1. The molecule has 1 amide bonds. The molecule has 4 aromatic rings. The van der Waals surface area contributed by atoms with Crippen LogP contribution in [0, 0.1) is 12.8 Å². The number of benzene rings is 1. The number of hydrogen-bond donors (Lipinski definition) is 3. The molecule has 35 heavy (non-hydrogen) atoms. The summed E-state index contributed by atoms with van der Waals surface area (Å²) in [7, 11) is 0. The van der Waals surface area contributed by atoms with Crippen LogP contribution in [0.3, 0.4) is 0 Å². The standard InChI is InChI=1S/C27H29N7O/c1-16-6-11-20(15-30-16)31-27(35)18-9-7-17(8-10-18)26-33-23(24-25(28)29-12-13-34(24)26)22-14-19-4-2-3-5-21(19)32-22/h2-6,11-13,15,17-18,22,32H,7-10,14H2,1H3,(H2,28,29)(H,31,35). The third-order valence-corrected chi connectivity index (χ3v) is 7.38. The molecule has 178 valence electrons. The number of carbonyl (C=O) groups is 1. The van der Waals surface area contributed by atoms with Gasteiger partial charge in [0.15, 0.2) is 0 Å². The molecule has 1 fully saturated rings. The first-order valence-corrected chi connectivity index (χ1v) is 12.3. The fourth-order valence-corrected chi connectivity index (χ4v) is 5.51. The summed E-state index contributed by atoms with van der Waals surface area (Å²) in [5, 5.41) is 6.64. The lowest BCUT2D eigenvalue weighted by molar-refractivity contribution is -0.120. The monoisotopic (exact) mass is 467 g/mol. The highest BCUT2D eigenvalue weighted by molar-refractivity contribution is 5.92. The molecule has 1 aliphatic carbocycles. The van der Waals surface area contributed by atoms with E-state index in [1.807, 2.05) is 31.3 Å². The van der Waals surface area contributed by atoms with E-state index < -0.39 is 0 Å². The smallest absolute Gasteiger partial charge is 0.227 e. The van der Waals surface area contributed by atoms with Gasteiger partial charge in [-0.15, -0.1) is 0 Å². The number of rotatable bonds is 4. The number of nitrogen functional groups attached to an aromatic ring is 1. The molecule has 6 rings (SSSR count). The van der Waals surface area contributed by atoms with E-state index in [1.165, 1.54) is 5.56 Å². The molecule has 1 aliphatic heterocycles. The Morgan fingerprint density at radius 3 is 2.71 bits per heavy atom. The molecule has 4 heterocycles. The van der Waals surface area contributed by atoms with Crippen LogP contribution in [0.15, 0.2) is 55.0 Å². The number of carbonyl (C=O) groups excluding carboxylic acids is 1. The lowest BCUT2D eigenvalue weighted by Crippen LogP contribution is -2.27. The largest absolute Gasteiger partial charge is 0.382 e. The van der Waals surface area contributed by atoms with Gasteiger partial charge in [-0.1, -0.05) is 18.2 Å². The summed E-state index contributed by atoms with van der Waals surface area (Å²) in [6, 6.07) is 12.2. The average molecular weight is 468 g/mol. The van der Waals surface area contributed by atoms with Crippen LogP contribution in [0.4, 0.5) is 17.2 Å². The maximum absolute atomic E-state index is 12.8. The zero-order valence-electron chi connectivity index (χ0n) is 19.7. The quantitative estimate of drug-likeness (QED) is 0.403. The summed E-state index contributed by atoms with van der Waals surface area (Å²) in [5.41, 5.74) is 12.3. The summed E-state index contributed by atoms with van der Waals surface area (Å²) < 4.78 is 2.12.